The first-order valence-electron chi connectivity index (χ1n) is 8.17. The molecule has 4 bridgehead atoms. The molecule has 0 spiro atoms. The minimum Gasteiger partial charge on any atom is -0.460 e. The number of carbonyl (C=O) groups excluding carboxylic acids is 1. The van der Waals surface area contributed by atoms with Gasteiger partial charge in [0, 0.05) is 4.87 Å². The van der Waals surface area contributed by atoms with Crippen molar-refractivity contribution in [3.8, 4) is 0 Å². The molecule has 0 radical (unpaired) electrons. The van der Waals surface area contributed by atoms with Crippen molar-refractivity contribution >= 4 is 17.6 Å². The van der Waals surface area contributed by atoms with Crippen LogP contribution in [-0.4, -0.2) is 16.0 Å². The zero-order chi connectivity index (χ0) is 15.5. The summed E-state index contributed by atoms with van der Waals surface area (Å²) in [5, 5.41) is 3.91. The predicted octanol–water partition coefficient (Wildman–Crippen LogP) is 3.91. The number of ether oxygens (including phenoxy) is 1. The third kappa shape index (κ3) is 2.18. The molecule has 4 aliphatic rings. The lowest BCUT2D eigenvalue weighted by molar-refractivity contribution is -0.171. The van der Waals surface area contributed by atoms with Gasteiger partial charge in [-0.3, -0.25) is 4.79 Å². The summed E-state index contributed by atoms with van der Waals surface area (Å²) in [6.07, 6.45) is 6.09. The fraction of sp³-hybridized carbons (Fsp3) is 0.765. The van der Waals surface area contributed by atoms with Crippen LogP contribution < -0.4 is 0 Å². The van der Waals surface area contributed by atoms with Gasteiger partial charge in [-0.15, -0.1) is 11.6 Å². The van der Waals surface area contributed by atoms with E-state index >= 15 is 0 Å². The van der Waals surface area contributed by atoms with Crippen molar-refractivity contribution in [2.24, 2.45) is 17.3 Å². The molecule has 0 aliphatic heterocycles. The monoisotopic (exact) mass is 323 g/mol. The SMILES string of the molecule is Cc1noc(C)c1COC(=O)C12CC3CC(CC(Cl)(C3)C1)C2. The molecule has 4 saturated carbocycles. The summed E-state index contributed by atoms with van der Waals surface area (Å²) in [7, 11) is 0. The smallest absolute Gasteiger partial charge is 0.312 e. The number of aryl methyl sites for hydroxylation is 2. The molecule has 1 heterocycles. The third-order valence-electron chi connectivity index (χ3n) is 5.95. The van der Waals surface area contributed by atoms with E-state index in [2.05, 4.69) is 5.16 Å². The van der Waals surface area contributed by atoms with Crippen LogP contribution in [0.2, 0.25) is 0 Å². The Bertz CT molecular complexity index is 590. The van der Waals surface area contributed by atoms with Gasteiger partial charge in [0.25, 0.3) is 0 Å². The second kappa shape index (κ2) is 4.73. The van der Waals surface area contributed by atoms with Crippen molar-refractivity contribution in [2.45, 2.75) is 63.9 Å². The van der Waals surface area contributed by atoms with E-state index in [4.69, 9.17) is 20.9 Å². The van der Waals surface area contributed by atoms with Gasteiger partial charge in [-0.1, -0.05) is 5.16 Å². The summed E-state index contributed by atoms with van der Waals surface area (Å²) in [4.78, 5) is 12.7. The number of hydrogen-bond donors (Lipinski definition) is 0. The van der Waals surface area contributed by atoms with Crippen LogP contribution in [0.15, 0.2) is 4.52 Å². The lowest BCUT2D eigenvalue weighted by Crippen LogP contribution is -2.56. The Balaban J connectivity index is 1.51. The highest BCUT2D eigenvalue weighted by Crippen LogP contribution is 2.64. The highest BCUT2D eigenvalue weighted by Gasteiger charge is 2.60. The molecule has 2 atom stereocenters. The van der Waals surface area contributed by atoms with Crippen molar-refractivity contribution in [1.29, 1.82) is 0 Å². The van der Waals surface area contributed by atoms with E-state index in [0.717, 1.165) is 49.1 Å². The maximum atomic E-state index is 12.8. The molecule has 0 amide bonds. The Kier molecular flexibility index (Phi) is 3.13. The van der Waals surface area contributed by atoms with E-state index in [-0.39, 0.29) is 22.9 Å². The minimum absolute atomic E-state index is 0.0633. The normalized spacial score (nSPS) is 39.2. The first kappa shape index (κ1) is 14.6. The van der Waals surface area contributed by atoms with Crippen molar-refractivity contribution in [2.75, 3.05) is 0 Å². The average Bonchev–Trinajstić information content (AvgIpc) is 2.72. The fourth-order valence-electron chi connectivity index (χ4n) is 5.39. The highest BCUT2D eigenvalue weighted by molar-refractivity contribution is 6.24. The van der Waals surface area contributed by atoms with Gasteiger partial charge in [0.05, 0.1) is 16.7 Å². The van der Waals surface area contributed by atoms with Crippen LogP contribution in [0.3, 0.4) is 0 Å². The van der Waals surface area contributed by atoms with Gasteiger partial charge < -0.3 is 9.26 Å². The summed E-state index contributed by atoms with van der Waals surface area (Å²) in [6.45, 7) is 3.98. The van der Waals surface area contributed by atoms with Gasteiger partial charge >= 0.3 is 5.97 Å². The molecule has 4 fully saturated rings. The summed E-state index contributed by atoms with van der Waals surface area (Å²) < 4.78 is 10.8. The number of halogens is 1. The van der Waals surface area contributed by atoms with Crippen LogP contribution in [0.5, 0.6) is 0 Å². The number of aromatic nitrogens is 1. The van der Waals surface area contributed by atoms with Gasteiger partial charge in [-0.2, -0.15) is 0 Å². The lowest BCUT2D eigenvalue weighted by Gasteiger charge is -2.58. The van der Waals surface area contributed by atoms with E-state index in [0.29, 0.717) is 11.8 Å². The Morgan fingerprint density at radius 2 is 2.00 bits per heavy atom. The predicted molar refractivity (Wildman–Crippen MR) is 81.5 cm³/mol. The summed E-state index contributed by atoms with van der Waals surface area (Å²) in [5.74, 6) is 1.87. The van der Waals surface area contributed by atoms with Crippen molar-refractivity contribution in [3.63, 3.8) is 0 Å². The number of hydrogen-bond acceptors (Lipinski definition) is 4. The van der Waals surface area contributed by atoms with Crippen molar-refractivity contribution in [1.82, 2.24) is 5.16 Å². The standard InChI is InChI=1S/C17H22ClNO3/c1-10-14(11(2)22-19-10)8-21-15(20)16-4-12-3-13(5-16)7-17(18,6-12)9-16/h12-13H,3-9H2,1-2H3. The van der Waals surface area contributed by atoms with E-state index in [1.165, 1.54) is 6.42 Å². The van der Waals surface area contributed by atoms with E-state index in [1.807, 2.05) is 13.8 Å². The van der Waals surface area contributed by atoms with Crippen LogP contribution >= 0.6 is 11.6 Å². The van der Waals surface area contributed by atoms with Crippen LogP contribution in [0.25, 0.3) is 0 Å². The number of esters is 1. The van der Waals surface area contributed by atoms with E-state index in [9.17, 15) is 4.79 Å². The fourth-order valence-corrected chi connectivity index (χ4v) is 6.08. The molecule has 5 rings (SSSR count). The molecule has 22 heavy (non-hydrogen) atoms. The molecule has 1 aromatic rings. The number of rotatable bonds is 3. The topological polar surface area (TPSA) is 52.3 Å². The molecule has 5 heteroatoms. The molecule has 2 unspecified atom stereocenters. The van der Waals surface area contributed by atoms with Gasteiger partial charge in [0.15, 0.2) is 0 Å². The lowest BCUT2D eigenvalue weighted by atomic mass is 9.49. The van der Waals surface area contributed by atoms with Crippen LogP contribution in [-0.2, 0) is 16.1 Å². The summed E-state index contributed by atoms with van der Waals surface area (Å²) in [6, 6.07) is 0. The van der Waals surface area contributed by atoms with E-state index in [1.54, 1.807) is 0 Å². The van der Waals surface area contributed by atoms with Crippen LogP contribution in [0.1, 0.15) is 55.5 Å². The van der Waals surface area contributed by atoms with Gasteiger partial charge in [0.2, 0.25) is 0 Å². The molecule has 0 N–H and O–H groups in total. The Labute approximate surface area is 135 Å². The maximum absolute atomic E-state index is 12.8. The van der Waals surface area contributed by atoms with Gasteiger partial charge in [0.1, 0.15) is 12.4 Å². The van der Waals surface area contributed by atoms with E-state index < -0.39 is 0 Å². The molecule has 0 saturated heterocycles. The first-order chi connectivity index (χ1) is 10.4. The molecular formula is C17H22ClNO3. The molecule has 120 valence electrons. The highest BCUT2D eigenvalue weighted by atomic mass is 35.5. The summed E-state index contributed by atoms with van der Waals surface area (Å²) in [5.41, 5.74) is 1.34. The zero-order valence-corrected chi connectivity index (χ0v) is 13.9. The molecule has 0 aromatic carbocycles. The zero-order valence-electron chi connectivity index (χ0n) is 13.2. The molecule has 1 aromatic heterocycles. The molecular weight excluding hydrogens is 302 g/mol. The Morgan fingerprint density at radius 3 is 2.55 bits per heavy atom. The maximum Gasteiger partial charge on any atom is 0.312 e. The second-order valence-electron chi connectivity index (χ2n) is 7.77. The first-order valence-corrected chi connectivity index (χ1v) is 8.55. The number of carbonyl (C=O) groups is 1. The van der Waals surface area contributed by atoms with Gasteiger partial charge in [-0.05, 0) is 64.2 Å². The molecule has 4 nitrogen and oxygen atoms in total. The summed E-state index contributed by atoms with van der Waals surface area (Å²) >= 11 is 6.78. The Hall–Kier alpha value is -1.03. The second-order valence-corrected chi connectivity index (χ2v) is 8.57. The average molecular weight is 324 g/mol. The van der Waals surface area contributed by atoms with Crippen molar-refractivity contribution in [3.05, 3.63) is 17.0 Å². The van der Waals surface area contributed by atoms with Crippen LogP contribution in [0, 0.1) is 31.1 Å². The minimum atomic E-state index is -0.342. The number of alkyl halides is 1. The Morgan fingerprint density at radius 1 is 1.32 bits per heavy atom. The number of nitrogens with zero attached hydrogens (tertiary/aromatic N) is 1. The van der Waals surface area contributed by atoms with Crippen molar-refractivity contribution < 1.29 is 14.1 Å². The largest absolute Gasteiger partial charge is 0.460 e. The third-order valence-corrected chi connectivity index (χ3v) is 6.39. The molecule has 4 aliphatic carbocycles. The van der Waals surface area contributed by atoms with Gasteiger partial charge in [-0.25, -0.2) is 0 Å². The van der Waals surface area contributed by atoms with Crippen LogP contribution in [0.4, 0.5) is 0 Å². The quantitative estimate of drug-likeness (QED) is 0.625.